The normalized spacial score (nSPS) is 43.6. The second-order valence-electron chi connectivity index (χ2n) is 13.5. The molecule has 0 radical (unpaired) electrons. The standard InChI is InChI=1S/C30H54N2O14/c1-12(2)6-7-15(44-29-25(38)21(31)23(36)14(5)43-29)8-18-20(17(35)10-30(42,46-18)9-16(34)13(3)4)27(40)32-22-26(39)24(37)19(11-33)45-28(22)41/h6-7,12-26,28-29,33-39,41-42H,8-11,31H2,1-5H3,(H,32,40)/b7-6+/t14?,15-,16+,17-,18-,19?,20+,21?,22?,23?,24?,25?,26?,28?,29?,30+/m0/s1. The Morgan fingerprint density at radius 2 is 1.65 bits per heavy atom. The van der Waals surface area contributed by atoms with Crippen molar-refractivity contribution in [3.05, 3.63) is 12.2 Å². The molecule has 10 unspecified atom stereocenters. The highest BCUT2D eigenvalue weighted by Gasteiger charge is 2.52. The van der Waals surface area contributed by atoms with E-state index in [4.69, 9.17) is 24.7 Å². The average Bonchev–Trinajstić information content (AvgIpc) is 2.96. The van der Waals surface area contributed by atoms with Gasteiger partial charge < -0.3 is 76.0 Å². The number of nitrogens with two attached hydrogens (primary N) is 1. The zero-order valence-electron chi connectivity index (χ0n) is 26.9. The maximum Gasteiger partial charge on any atom is 0.228 e. The predicted molar refractivity (Wildman–Crippen MR) is 159 cm³/mol. The molecule has 0 aromatic carbocycles. The predicted octanol–water partition coefficient (Wildman–Crippen LogP) is -3.45. The molecule has 3 aliphatic rings. The van der Waals surface area contributed by atoms with Crippen molar-refractivity contribution in [3.8, 4) is 0 Å². The SMILES string of the molecule is CC(C)/C=C/[C@@H](C[C@@H]1O[C@](O)(C[C@@H](O)C(C)C)C[C@H](O)[C@H]1C(=O)NC1C(O)OC(CO)C(O)C1O)OC1OC(C)C(O)C(N)C1O. The fourth-order valence-electron chi connectivity index (χ4n) is 5.96. The molecule has 1 amide bonds. The molecule has 3 saturated heterocycles. The topological polar surface area (TPSA) is 274 Å². The summed E-state index contributed by atoms with van der Waals surface area (Å²) in [6.07, 6.45) is -13.7. The molecule has 0 saturated carbocycles. The monoisotopic (exact) mass is 666 g/mol. The van der Waals surface area contributed by atoms with Crippen LogP contribution in [0, 0.1) is 17.8 Å². The van der Waals surface area contributed by atoms with Crippen LogP contribution in [-0.4, -0.2) is 150 Å². The van der Waals surface area contributed by atoms with Gasteiger partial charge in [0.05, 0.1) is 55.2 Å². The molecule has 0 bridgehead atoms. The number of hydrogen-bond donors (Lipinski definition) is 11. The number of amides is 1. The molecule has 0 aliphatic carbocycles. The van der Waals surface area contributed by atoms with E-state index in [0.717, 1.165) is 0 Å². The first-order valence-corrected chi connectivity index (χ1v) is 15.9. The number of hydrogen-bond acceptors (Lipinski definition) is 15. The lowest BCUT2D eigenvalue weighted by Crippen LogP contribution is -2.66. The summed E-state index contributed by atoms with van der Waals surface area (Å²) in [6, 6.07) is -2.65. The zero-order valence-corrected chi connectivity index (χ0v) is 26.9. The van der Waals surface area contributed by atoms with Crippen LogP contribution >= 0.6 is 0 Å². The van der Waals surface area contributed by atoms with E-state index in [1.54, 1.807) is 32.9 Å². The Balaban J connectivity index is 1.92. The van der Waals surface area contributed by atoms with Crippen LogP contribution in [0.3, 0.4) is 0 Å². The molecule has 3 fully saturated rings. The maximum absolute atomic E-state index is 13.7. The van der Waals surface area contributed by atoms with Crippen molar-refractivity contribution in [1.29, 1.82) is 0 Å². The molecular formula is C30H54N2O14. The van der Waals surface area contributed by atoms with Crippen LogP contribution in [-0.2, 0) is 23.7 Å². The maximum atomic E-state index is 13.7. The van der Waals surface area contributed by atoms with Gasteiger partial charge in [-0.15, -0.1) is 0 Å². The lowest BCUT2D eigenvalue weighted by atomic mass is 9.81. The number of aliphatic hydroxyl groups is 9. The van der Waals surface area contributed by atoms with Crippen LogP contribution in [0.5, 0.6) is 0 Å². The summed E-state index contributed by atoms with van der Waals surface area (Å²) in [4.78, 5) is 13.7. The van der Waals surface area contributed by atoms with Crippen LogP contribution in [0.2, 0.25) is 0 Å². The van der Waals surface area contributed by atoms with Gasteiger partial charge >= 0.3 is 0 Å². The summed E-state index contributed by atoms with van der Waals surface area (Å²) in [5, 5.41) is 97.3. The Labute approximate surface area is 268 Å². The molecule has 0 aromatic rings. The smallest absolute Gasteiger partial charge is 0.228 e. The Bertz CT molecular complexity index is 1000. The molecule has 3 aliphatic heterocycles. The minimum Gasteiger partial charge on any atom is -0.394 e. The Kier molecular flexibility index (Phi) is 13.9. The lowest BCUT2D eigenvalue weighted by Gasteiger charge is -2.47. The van der Waals surface area contributed by atoms with Gasteiger partial charge in [0.25, 0.3) is 0 Å². The highest BCUT2D eigenvalue weighted by molar-refractivity contribution is 5.80. The number of allylic oxidation sites excluding steroid dienone is 1. The van der Waals surface area contributed by atoms with E-state index in [9.17, 15) is 50.8 Å². The molecule has 46 heavy (non-hydrogen) atoms. The van der Waals surface area contributed by atoms with Gasteiger partial charge in [0.15, 0.2) is 18.4 Å². The second kappa shape index (κ2) is 16.4. The van der Waals surface area contributed by atoms with Gasteiger partial charge in [-0.05, 0) is 18.8 Å². The van der Waals surface area contributed by atoms with Crippen molar-refractivity contribution in [2.75, 3.05) is 6.61 Å². The number of nitrogens with one attached hydrogen (secondary N) is 1. The third kappa shape index (κ3) is 9.41. The van der Waals surface area contributed by atoms with Gasteiger partial charge in [-0.2, -0.15) is 0 Å². The number of ether oxygens (including phenoxy) is 4. The van der Waals surface area contributed by atoms with Crippen LogP contribution in [0.15, 0.2) is 12.2 Å². The van der Waals surface area contributed by atoms with Gasteiger partial charge in [0.1, 0.15) is 30.5 Å². The van der Waals surface area contributed by atoms with Gasteiger partial charge in [0.2, 0.25) is 5.91 Å². The zero-order chi connectivity index (χ0) is 34.7. The van der Waals surface area contributed by atoms with E-state index in [1.807, 2.05) is 13.8 Å². The molecule has 12 N–H and O–H groups in total. The Morgan fingerprint density at radius 3 is 2.24 bits per heavy atom. The fourth-order valence-corrected chi connectivity index (χ4v) is 5.96. The third-order valence-corrected chi connectivity index (χ3v) is 8.90. The second-order valence-corrected chi connectivity index (χ2v) is 13.5. The van der Waals surface area contributed by atoms with Gasteiger partial charge in [-0.1, -0.05) is 39.8 Å². The highest BCUT2D eigenvalue weighted by atomic mass is 16.7. The van der Waals surface area contributed by atoms with E-state index < -0.39 is 116 Å². The first-order valence-electron chi connectivity index (χ1n) is 15.9. The molecule has 16 heteroatoms. The number of carbonyl (C=O) groups is 1. The fraction of sp³-hybridized carbons (Fsp3) is 0.900. The lowest BCUT2D eigenvalue weighted by molar-refractivity contribution is -0.308. The minimum absolute atomic E-state index is 0.0323. The summed E-state index contributed by atoms with van der Waals surface area (Å²) < 4.78 is 23.0. The summed E-state index contributed by atoms with van der Waals surface area (Å²) >= 11 is 0. The van der Waals surface area contributed by atoms with Crippen molar-refractivity contribution in [3.63, 3.8) is 0 Å². The summed E-state index contributed by atoms with van der Waals surface area (Å²) in [5.41, 5.74) is 5.98. The van der Waals surface area contributed by atoms with Crippen molar-refractivity contribution in [2.24, 2.45) is 23.5 Å². The minimum atomic E-state index is -2.07. The van der Waals surface area contributed by atoms with Crippen LogP contribution in [0.25, 0.3) is 0 Å². The molecule has 0 aromatic heterocycles. The van der Waals surface area contributed by atoms with Crippen molar-refractivity contribution in [2.45, 2.75) is 145 Å². The number of aliphatic hydroxyl groups excluding tert-OH is 8. The number of rotatable bonds is 12. The van der Waals surface area contributed by atoms with E-state index in [2.05, 4.69) is 5.32 Å². The Morgan fingerprint density at radius 1 is 1.00 bits per heavy atom. The highest BCUT2D eigenvalue weighted by Crippen LogP contribution is 2.38. The first kappa shape index (κ1) is 39.1. The molecule has 16 atom stereocenters. The van der Waals surface area contributed by atoms with E-state index in [0.29, 0.717) is 0 Å². The van der Waals surface area contributed by atoms with Crippen molar-refractivity contribution in [1.82, 2.24) is 5.32 Å². The van der Waals surface area contributed by atoms with E-state index in [1.165, 1.54) is 0 Å². The number of carbonyl (C=O) groups excluding carboxylic acids is 1. The van der Waals surface area contributed by atoms with Gasteiger partial charge in [-0.25, -0.2) is 0 Å². The average molecular weight is 667 g/mol. The van der Waals surface area contributed by atoms with Gasteiger partial charge in [0, 0.05) is 19.3 Å². The quantitative estimate of drug-likeness (QED) is 0.0904. The third-order valence-electron chi connectivity index (χ3n) is 8.90. The summed E-state index contributed by atoms with van der Waals surface area (Å²) in [5.74, 6) is -4.68. The summed E-state index contributed by atoms with van der Waals surface area (Å²) in [6.45, 7) is 8.12. The van der Waals surface area contributed by atoms with Crippen LogP contribution in [0.4, 0.5) is 0 Å². The molecule has 3 heterocycles. The Hall–Kier alpha value is -1.35. The molecule has 3 rings (SSSR count). The van der Waals surface area contributed by atoms with E-state index >= 15 is 0 Å². The molecular weight excluding hydrogens is 612 g/mol. The van der Waals surface area contributed by atoms with Crippen LogP contribution < -0.4 is 11.1 Å². The van der Waals surface area contributed by atoms with Gasteiger partial charge in [-0.3, -0.25) is 4.79 Å². The first-order chi connectivity index (χ1) is 21.4. The summed E-state index contributed by atoms with van der Waals surface area (Å²) in [7, 11) is 0. The van der Waals surface area contributed by atoms with Crippen LogP contribution in [0.1, 0.15) is 53.9 Å². The molecule has 16 nitrogen and oxygen atoms in total. The molecule has 0 spiro atoms. The molecule has 268 valence electrons. The van der Waals surface area contributed by atoms with E-state index in [-0.39, 0.29) is 24.7 Å². The van der Waals surface area contributed by atoms with Crippen molar-refractivity contribution < 1.29 is 69.7 Å². The van der Waals surface area contributed by atoms with Crippen molar-refractivity contribution >= 4 is 5.91 Å². The largest absolute Gasteiger partial charge is 0.394 e.